The molecule has 0 atom stereocenters. The molecule has 8 nitrogen and oxygen atoms in total. The monoisotopic (exact) mass is 377 g/mol. The molecule has 1 amide bonds. The van der Waals surface area contributed by atoms with Crippen molar-refractivity contribution < 1.29 is 33.4 Å². The van der Waals surface area contributed by atoms with E-state index in [-0.39, 0.29) is 38.6 Å². The Bertz CT molecular complexity index is 670. The van der Waals surface area contributed by atoms with E-state index in [0.717, 1.165) is 17.7 Å². The van der Waals surface area contributed by atoms with Gasteiger partial charge >= 0.3 is 17.9 Å². The molecule has 0 aromatic heterocycles. The molecule has 0 aliphatic heterocycles. The van der Waals surface area contributed by atoms with Crippen molar-refractivity contribution in [1.29, 1.82) is 0 Å². The maximum atomic E-state index is 12.4. The first-order chi connectivity index (χ1) is 13.0. The van der Waals surface area contributed by atoms with Gasteiger partial charge in [0.1, 0.15) is 13.2 Å². The van der Waals surface area contributed by atoms with Crippen LogP contribution in [0.1, 0.15) is 18.9 Å². The highest BCUT2D eigenvalue weighted by Crippen LogP contribution is 2.07. The first-order valence-electron chi connectivity index (χ1n) is 8.36. The van der Waals surface area contributed by atoms with Gasteiger partial charge in [0.15, 0.2) is 0 Å². The standard InChI is InChI=1S/C19H23NO7/c1-3-26-19(24)14-20(13-15-7-5-4-6-8-15)16(21)11-12-27-18(23)10-9-17(22)25-2/h4-10H,3,11-14H2,1-2H3. The van der Waals surface area contributed by atoms with Crippen LogP contribution in [0, 0.1) is 0 Å². The highest BCUT2D eigenvalue weighted by molar-refractivity contribution is 5.91. The predicted octanol–water partition coefficient (Wildman–Crippen LogP) is 1.24. The molecule has 8 heteroatoms. The lowest BCUT2D eigenvalue weighted by atomic mass is 10.2. The number of hydrogen-bond donors (Lipinski definition) is 0. The summed E-state index contributed by atoms with van der Waals surface area (Å²) in [6, 6.07) is 9.18. The lowest BCUT2D eigenvalue weighted by molar-refractivity contribution is -0.150. The fourth-order valence-electron chi connectivity index (χ4n) is 2.05. The molecule has 1 aromatic carbocycles. The van der Waals surface area contributed by atoms with Crippen molar-refractivity contribution in [3.63, 3.8) is 0 Å². The minimum absolute atomic E-state index is 0.107. The lowest BCUT2D eigenvalue weighted by Crippen LogP contribution is -2.36. The van der Waals surface area contributed by atoms with E-state index < -0.39 is 17.9 Å². The van der Waals surface area contributed by atoms with Crippen LogP contribution in [0.15, 0.2) is 42.5 Å². The maximum Gasteiger partial charge on any atom is 0.331 e. The van der Waals surface area contributed by atoms with Gasteiger partial charge in [-0.3, -0.25) is 9.59 Å². The molecule has 0 radical (unpaired) electrons. The fraction of sp³-hybridized carbons (Fsp3) is 0.368. The van der Waals surface area contributed by atoms with Gasteiger partial charge in [-0.2, -0.15) is 0 Å². The Morgan fingerprint density at radius 3 is 2.30 bits per heavy atom. The van der Waals surface area contributed by atoms with E-state index in [9.17, 15) is 19.2 Å². The third-order valence-corrected chi connectivity index (χ3v) is 3.31. The fourth-order valence-corrected chi connectivity index (χ4v) is 2.05. The Kier molecular flexibility index (Phi) is 9.92. The van der Waals surface area contributed by atoms with E-state index in [1.54, 1.807) is 6.92 Å². The van der Waals surface area contributed by atoms with Gasteiger partial charge in [0.25, 0.3) is 0 Å². The molecule has 0 aliphatic carbocycles. The number of esters is 3. The van der Waals surface area contributed by atoms with Crippen molar-refractivity contribution >= 4 is 23.8 Å². The van der Waals surface area contributed by atoms with Crippen LogP contribution in [0.3, 0.4) is 0 Å². The summed E-state index contributed by atoms with van der Waals surface area (Å²) in [5, 5.41) is 0. The van der Waals surface area contributed by atoms with E-state index in [1.807, 2.05) is 30.3 Å². The van der Waals surface area contributed by atoms with E-state index in [1.165, 1.54) is 12.0 Å². The van der Waals surface area contributed by atoms with Gasteiger partial charge in [0, 0.05) is 18.7 Å². The Labute approximate surface area is 157 Å². The first kappa shape index (κ1) is 21.9. The second-order valence-corrected chi connectivity index (χ2v) is 5.31. The summed E-state index contributed by atoms with van der Waals surface area (Å²) < 4.78 is 14.1. The molecular weight excluding hydrogens is 354 g/mol. The van der Waals surface area contributed by atoms with Crippen molar-refractivity contribution in [3.8, 4) is 0 Å². The molecule has 1 rings (SSSR count). The van der Waals surface area contributed by atoms with Gasteiger partial charge in [-0.15, -0.1) is 0 Å². The molecule has 0 spiro atoms. The number of methoxy groups -OCH3 is 1. The number of benzene rings is 1. The Balaban J connectivity index is 2.59. The number of carbonyl (C=O) groups is 4. The quantitative estimate of drug-likeness (QED) is 0.344. The van der Waals surface area contributed by atoms with Crippen LogP contribution < -0.4 is 0 Å². The van der Waals surface area contributed by atoms with Gasteiger partial charge in [-0.05, 0) is 12.5 Å². The second kappa shape index (κ2) is 12.2. The van der Waals surface area contributed by atoms with Gasteiger partial charge < -0.3 is 19.1 Å². The van der Waals surface area contributed by atoms with Crippen LogP contribution in [0.5, 0.6) is 0 Å². The van der Waals surface area contributed by atoms with Crippen molar-refractivity contribution in [1.82, 2.24) is 4.90 Å². The molecule has 0 bridgehead atoms. The molecule has 0 unspecified atom stereocenters. The highest BCUT2D eigenvalue weighted by Gasteiger charge is 2.18. The van der Waals surface area contributed by atoms with Crippen LogP contribution in [-0.4, -0.2) is 55.6 Å². The van der Waals surface area contributed by atoms with Gasteiger partial charge in [-0.25, -0.2) is 9.59 Å². The molecular formula is C19H23NO7. The van der Waals surface area contributed by atoms with Crippen LogP contribution in [-0.2, 0) is 39.9 Å². The van der Waals surface area contributed by atoms with Crippen molar-refractivity contribution in [2.75, 3.05) is 26.9 Å². The molecule has 1 aromatic rings. The molecule has 0 fully saturated rings. The number of rotatable bonds is 10. The number of hydrogen-bond acceptors (Lipinski definition) is 7. The number of carbonyl (C=O) groups excluding carboxylic acids is 4. The summed E-state index contributed by atoms with van der Waals surface area (Å²) in [7, 11) is 1.18. The molecule has 0 aliphatic rings. The maximum absolute atomic E-state index is 12.4. The SMILES string of the molecule is CCOC(=O)CN(Cc1ccccc1)C(=O)CCOC(=O)C=CC(=O)OC. The molecule has 146 valence electrons. The largest absolute Gasteiger partial charge is 0.466 e. The van der Waals surface area contributed by atoms with Crippen LogP contribution >= 0.6 is 0 Å². The summed E-state index contributed by atoms with van der Waals surface area (Å²) >= 11 is 0. The van der Waals surface area contributed by atoms with Crippen LogP contribution in [0.4, 0.5) is 0 Å². The summed E-state index contributed by atoms with van der Waals surface area (Å²) in [6.45, 7) is 1.75. The highest BCUT2D eigenvalue weighted by atomic mass is 16.5. The van der Waals surface area contributed by atoms with Crippen molar-refractivity contribution in [2.45, 2.75) is 19.9 Å². The Hall–Kier alpha value is -3.16. The smallest absolute Gasteiger partial charge is 0.331 e. The van der Waals surface area contributed by atoms with Crippen molar-refractivity contribution in [2.24, 2.45) is 0 Å². The summed E-state index contributed by atoms with van der Waals surface area (Å²) in [5.74, 6) is -2.34. The molecule has 0 saturated heterocycles. The molecule has 0 N–H and O–H groups in total. The van der Waals surface area contributed by atoms with Gasteiger partial charge in [-0.1, -0.05) is 30.3 Å². The molecule has 0 heterocycles. The first-order valence-corrected chi connectivity index (χ1v) is 8.36. The van der Waals surface area contributed by atoms with Crippen molar-refractivity contribution in [3.05, 3.63) is 48.0 Å². The normalized spacial score (nSPS) is 10.3. The van der Waals surface area contributed by atoms with Crippen LogP contribution in [0.25, 0.3) is 0 Å². The lowest BCUT2D eigenvalue weighted by Gasteiger charge is -2.22. The second-order valence-electron chi connectivity index (χ2n) is 5.31. The van der Waals surface area contributed by atoms with E-state index in [4.69, 9.17) is 9.47 Å². The summed E-state index contributed by atoms with van der Waals surface area (Å²) in [6.07, 6.45) is 1.73. The molecule has 0 saturated carbocycles. The number of nitrogens with zero attached hydrogens (tertiary/aromatic N) is 1. The van der Waals surface area contributed by atoms with Gasteiger partial charge in [0.2, 0.25) is 5.91 Å². The van der Waals surface area contributed by atoms with Gasteiger partial charge in [0.05, 0.1) is 20.1 Å². The van der Waals surface area contributed by atoms with E-state index in [2.05, 4.69) is 4.74 Å². The number of amides is 1. The summed E-state index contributed by atoms with van der Waals surface area (Å²) in [4.78, 5) is 47.9. The summed E-state index contributed by atoms with van der Waals surface area (Å²) in [5.41, 5.74) is 0.855. The number of ether oxygens (including phenoxy) is 3. The van der Waals surface area contributed by atoms with E-state index in [0.29, 0.717) is 0 Å². The zero-order valence-corrected chi connectivity index (χ0v) is 15.4. The minimum atomic E-state index is -0.770. The van der Waals surface area contributed by atoms with E-state index >= 15 is 0 Å². The van der Waals surface area contributed by atoms with Crippen LogP contribution in [0.2, 0.25) is 0 Å². The third kappa shape index (κ3) is 9.20. The topological polar surface area (TPSA) is 99.2 Å². The third-order valence-electron chi connectivity index (χ3n) is 3.31. The Morgan fingerprint density at radius 2 is 1.67 bits per heavy atom. The zero-order valence-electron chi connectivity index (χ0n) is 15.4. The average molecular weight is 377 g/mol. The predicted molar refractivity (Wildman–Crippen MR) is 95.2 cm³/mol. The Morgan fingerprint density at radius 1 is 1.00 bits per heavy atom. The minimum Gasteiger partial charge on any atom is -0.466 e. The average Bonchev–Trinajstić information content (AvgIpc) is 2.66. The zero-order chi connectivity index (χ0) is 20.1. The molecule has 27 heavy (non-hydrogen) atoms.